The van der Waals surface area contributed by atoms with Crippen molar-refractivity contribution in [2.24, 2.45) is 0 Å². The summed E-state index contributed by atoms with van der Waals surface area (Å²) in [4.78, 5) is 10.3. The van der Waals surface area contributed by atoms with E-state index in [2.05, 4.69) is 0 Å². The molecule has 0 aliphatic carbocycles. The van der Waals surface area contributed by atoms with Gasteiger partial charge in [-0.15, -0.1) is 0 Å². The second-order valence-corrected chi connectivity index (χ2v) is 2.91. The van der Waals surface area contributed by atoms with Gasteiger partial charge in [-0.25, -0.2) is 13.6 Å². The van der Waals surface area contributed by atoms with Gasteiger partial charge in [0.25, 0.3) is 0 Å². The summed E-state index contributed by atoms with van der Waals surface area (Å²) in [5, 5.41) is 7.05. The van der Waals surface area contributed by atoms with Crippen LogP contribution in [0.2, 0.25) is 10.0 Å². The number of hydrogen-bond acceptors (Lipinski definition) is 1. The van der Waals surface area contributed by atoms with Crippen LogP contribution in [0.3, 0.4) is 0 Å². The van der Waals surface area contributed by atoms with Crippen molar-refractivity contribution in [2.75, 3.05) is 0 Å². The van der Waals surface area contributed by atoms with Gasteiger partial charge in [-0.3, -0.25) is 0 Å². The van der Waals surface area contributed by atoms with E-state index in [1.54, 1.807) is 0 Å². The third kappa shape index (κ3) is 1.73. The molecule has 0 spiro atoms. The molecule has 1 aromatic rings. The maximum absolute atomic E-state index is 12.9. The van der Waals surface area contributed by atoms with Crippen molar-refractivity contribution in [2.45, 2.75) is 0 Å². The molecule has 2 nitrogen and oxygen atoms in total. The Morgan fingerprint density at radius 3 is 2.31 bits per heavy atom. The average molecular weight is 227 g/mol. The third-order valence-electron chi connectivity index (χ3n) is 1.33. The van der Waals surface area contributed by atoms with Gasteiger partial charge in [0, 0.05) is 0 Å². The topological polar surface area (TPSA) is 37.3 Å². The van der Waals surface area contributed by atoms with Gasteiger partial charge >= 0.3 is 5.97 Å². The number of aromatic carboxylic acids is 1. The zero-order valence-corrected chi connectivity index (χ0v) is 7.46. The van der Waals surface area contributed by atoms with Gasteiger partial charge in [0.1, 0.15) is 5.82 Å². The summed E-state index contributed by atoms with van der Waals surface area (Å²) >= 11 is 10.4. The van der Waals surface area contributed by atoms with Crippen molar-refractivity contribution in [1.82, 2.24) is 0 Å². The quantitative estimate of drug-likeness (QED) is 0.591. The van der Waals surface area contributed by atoms with Crippen LogP contribution in [-0.4, -0.2) is 11.1 Å². The molecule has 1 N–H and O–H groups in total. The van der Waals surface area contributed by atoms with E-state index in [9.17, 15) is 13.6 Å². The van der Waals surface area contributed by atoms with Crippen LogP contribution in [-0.2, 0) is 0 Å². The standard InChI is InChI=1S/C7H2Cl2F2O2/c8-4-3(10)1-2(7(12)13)6(11)5(4)9/h1H,(H,12,13). The number of carbonyl (C=O) groups is 1. The highest BCUT2D eigenvalue weighted by atomic mass is 35.5. The van der Waals surface area contributed by atoms with E-state index in [-0.39, 0.29) is 0 Å². The molecule has 1 rings (SSSR count). The van der Waals surface area contributed by atoms with Crippen LogP contribution in [0.5, 0.6) is 0 Å². The number of benzene rings is 1. The van der Waals surface area contributed by atoms with E-state index in [1.165, 1.54) is 0 Å². The molecule has 6 heteroatoms. The SMILES string of the molecule is O=C(O)c1cc(F)c(Cl)c(Cl)c1F. The van der Waals surface area contributed by atoms with Crippen molar-refractivity contribution in [3.63, 3.8) is 0 Å². The summed E-state index contributed by atoms with van der Waals surface area (Å²) in [6.45, 7) is 0. The lowest BCUT2D eigenvalue weighted by molar-refractivity contribution is 0.0691. The number of hydrogen-bond donors (Lipinski definition) is 1. The number of rotatable bonds is 1. The van der Waals surface area contributed by atoms with Crippen molar-refractivity contribution >= 4 is 29.2 Å². The molecule has 0 amide bonds. The molecule has 0 aliphatic heterocycles. The maximum atomic E-state index is 12.9. The van der Waals surface area contributed by atoms with Gasteiger partial charge in [0.05, 0.1) is 15.6 Å². The first-order valence-corrected chi connectivity index (χ1v) is 3.77. The number of carboxylic acids is 1. The predicted molar refractivity (Wildman–Crippen MR) is 43.3 cm³/mol. The van der Waals surface area contributed by atoms with Gasteiger partial charge in [0.2, 0.25) is 0 Å². The van der Waals surface area contributed by atoms with Crippen molar-refractivity contribution in [1.29, 1.82) is 0 Å². The lowest BCUT2D eigenvalue weighted by atomic mass is 10.2. The van der Waals surface area contributed by atoms with E-state index in [1.807, 2.05) is 0 Å². The van der Waals surface area contributed by atoms with Crippen LogP contribution in [0.25, 0.3) is 0 Å². The Morgan fingerprint density at radius 1 is 1.31 bits per heavy atom. The first-order chi connectivity index (χ1) is 5.95. The molecular formula is C7H2Cl2F2O2. The van der Waals surface area contributed by atoms with Gasteiger partial charge < -0.3 is 5.11 Å². The van der Waals surface area contributed by atoms with Crippen molar-refractivity contribution in [3.05, 3.63) is 33.3 Å². The van der Waals surface area contributed by atoms with Gasteiger partial charge in [0.15, 0.2) is 5.82 Å². The first-order valence-electron chi connectivity index (χ1n) is 3.01. The molecular weight excluding hydrogens is 225 g/mol. The van der Waals surface area contributed by atoms with Gasteiger partial charge in [-0.05, 0) is 6.07 Å². The van der Waals surface area contributed by atoms with E-state index >= 15 is 0 Å². The maximum Gasteiger partial charge on any atom is 0.338 e. The molecule has 1 aromatic carbocycles. The summed E-state index contributed by atoms with van der Waals surface area (Å²) in [7, 11) is 0. The normalized spacial score (nSPS) is 10.2. The van der Waals surface area contributed by atoms with Crippen LogP contribution in [0, 0.1) is 11.6 Å². The smallest absolute Gasteiger partial charge is 0.338 e. The van der Waals surface area contributed by atoms with Crippen LogP contribution in [0.15, 0.2) is 6.07 Å². The predicted octanol–water partition coefficient (Wildman–Crippen LogP) is 2.97. The fourth-order valence-corrected chi connectivity index (χ4v) is 1.06. The summed E-state index contributed by atoms with van der Waals surface area (Å²) in [6, 6.07) is 0.478. The molecule has 70 valence electrons. The molecule has 0 atom stereocenters. The highest BCUT2D eigenvalue weighted by Gasteiger charge is 2.19. The molecule has 0 aliphatic rings. The second kappa shape index (κ2) is 3.47. The second-order valence-electron chi connectivity index (χ2n) is 2.15. The fourth-order valence-electron chi connectivity index (χ4n) is 0.728. The van der Waals surface area contributed by atoms with Crippen molar-refractivity contribution < 1.29 is 18.7 Å². The minimum atomic E-state index is -1.60. The Bertz CT molecular complexity index is 379. The average Bonchev–Trinajstić information content (AvgIpc) is 2.07. The molecule has 0 radical (unpaired) electrons. The van der Waals surface area contributed by atoms with E-state index in [0.29, 0.717) is 6.07 Å². The molecule has 0 saturated heterocycles. The summed E-state index contributed by atoms with van der Waals surface area (Å²) in [5.41, 5.74) is -0.841. The van der Waals surface area contributed by atoms with Crippen molar-refractivity contribution in [3.8, 4) is 0 Å². The van der Waals surface area contributed by atoms with E-state index in [4.69, 9.17) is 28.3 Å². The largest absolute Gasteiger partial charge is 0.478 e. The van der Waals surface area contributed by atoms with Crippen LogP contribution in [0.1, 0.15) is 10.4 Å². The molecule has 0 unspecified atom stereocenters. The van der Waals surface area contributed by atoms with E-state index < -0.39 is 33.2 Å². The molecule has 0 fully saturated rings. The lowest BCUT2D eigenvalue weighted by Crippen LogP contribution is -2.02. The summed E-state index contributed by atoms with van der Waals surface area (Å²) in [5.74, 6) is -3.90. The highest BCUT2D eigenvalue weighted by molar-refractivity contribution is 6.42. The van der Waals surface area contributed by atoms with E-state index in [0.717, 1.165) is 0 Å². The molecule has 0 bridgehead atoms. The monoisotopic (exact) mass is 226 g/mol. The first kappa shape index (κ1) is 10.2. The van der Waals surface area contributed by atoms with Crippen LogP contribution < -0.4 is 0 Å². The molecule has 0 heterocycles. The minimum absolute atomic E-state index is 0.478. The summed E-state index contributed by atoms with van der Waals surface area (Å²) in [6.07, 6.45) is 0. The summed E-state index contributed by atoms with van der Waals surface area (Å²) < 4.78 is 25.7. The van der Waals surface area contributed by atoms with Crippen LogP contribution in [0.4, 0.5) is 8.78 Å². The minimum Gasteiger partial charge on any atom is -0.478 e. The van der Waals surface area contributed by atoms with Gasteiger partial charge in [-0.2, -0.15) is 0 Å². The van der Waals surface area contributed by atoms with Crippen LogP contribution >= 0.6 is 23.2 Å². The molecule has 0 saturated carbocycles. The van der Waals surface area contributed by atoms with Gasteiger partial charge in [-0.1, -0.05) is 23.2 Å². The Kier molecular flexibility index (Phi) is 2.73. The molecule has 13 heavy (non-hydrogen) atoms. The third-order valence-corrected chi connectivity index (χ3v) is 2.15. The number of halogens is 4. The zero-order valence-electron chi connectivity index (χ0n) is 5.94. The molecule has 0 aromatic heterocycles. The Labute approximate surface area is 81.7 Å². The highest BCUT2D eigenvalue weighted by Crippen LogP contribution is 2.29. The fraction of sp³-hybridized carbons (Fsp3) is 0. The Morgan fingerprint density at radius 2 is 1.85 bits per heavy atom. The zero-order chi connectivity index (χ0) is 10.2. The lowest BCUT2D eigenvalue weighted by Gasteiger charge is -2.02. The Balaban J connectivity index is 3.50. The Hall–Kier alpha value is -0.870. The number of carboxylic acid groups (broad SMARTS) is 1.